The van der Waals surface area contributed by atoms with Crippen LogP contribution in [0.3, 0.4) is 0 Å². The van der Waals surface area contributed by atoms with Crippen LogP contribution in [0, 0.1) is 5.92 Å². The lowest BCUT2D eigenvalue weighted by Crippen LogP contribution is -2.41. The fraction of sp³-hybridized carbons (Fsp3) is 0.350. The highest BCUT2D eigenvalue weighted by molar-refractivity contribution is 5.82. The number of benzene rings is 2. The first-order valence-electron chi connectivity index (χ1n) is 8.75. The van der Waals surface area contributed by atoms with Gasteiger partial charge in [0.1, 0.15) is 12.7 Å². The van der Waals surface area contributed by atoms with Gasteiger partial charge < -0.3 is 14.8 Å². The minimum absolute atomic E-state index is 0.0310. The molecular weight excluding hydrogens is 359 g/mol. The van der Waals surface area contributed by atoms with Gasteiger partial charge in [-0.2, -0.15) is 13.2 Å². The predicted molar refractivity (Wildman–Crippen MR) is 91.7 cm³/mol. The van der Waals surface area contributed by atoms with Gasteiger partial charge in [-0.3, -0.25) is 4.79 Å². The average molecular weight is 377 g/mol. The van der Waals surface area contributed by atoms with Crippen molar-refractivity contribution in [1.29, 1.82) is 0 Å². The molecule has 2 aliphatic rings. The Hall–Kier alpha value is -2.70. The van der Waals surface area contributed by atoms with Crippen LogP contribution in [0.15, 0.2) is 48.5 Å². The second kappa shape index (κ2) is 6.79. The summed E-state index contributed by atoms with van der Waals surface area (Å²) in [6.07, 6.45) is -3.98. The van der Waals surface area contributed by atoms with Crippen molar-refractivity contribution in [3.05, 3.63) is 59.7 Å². The van der Waals surface area contributed by atoms with Crippen molar-refractivity contribution in [3.8, 4) is 11.5 Å². The highest BCUT2D eigenvalue weighted by atomic mass is 19.4. The lowest BCUT2D eigenvalue weighted by Gasteiger charge is -2.26. The summed E-state index contributed by atoms with van der Waals surface area (Å²) in [4.78, 5) is 12.3. The first-order valence-corrected chi connectivity index (χ1v) is 8.75. The molecule has 0 aromatic heterocycles. The first-order chi connectivity index (χ1) is 12.9. The number of para-hydroxylation sites is 2. The highest BCUT2D eigenvalue weighted by Crippen LogP contribution is 2.48. The third-order valence-electron chi connectivity index (χ3n) is 4.86. The predicted octanol–water partition coefficient (Wildman–Crippen LogP) is 3.77. The number of halogens is 3. The molecular formula is C20H18F3NO3. The Morgan fingerprint density at radius 2 is 1.78 bits per heavy atom. The first kappa shape index (κ1) is 17.7. The molecule has 1 heterocycles. The topological polar surface area (TPSA) is 47.6 Å². The van der Waals surface area contributed by atoms with E-state index < -0.39 is 11.7 Å². The quantitative estimate of drug-likeness (QED) is 0.883. The number of alkyl halides is 3. The standard InChI is InChI=1S/C20H18F3NO3/c21-20(22,23)13-7-5-12(6-8-13)15-9-16(15)19(25)24-10-14-11-26-17-3-1-2-4-18(17)27-14/h1-8,14-16H,9-11H2,(H,24,25)/t14-,15-,16+/m1/s1. The maximum absolute atomic E-state index is 12.6. The number of fused-ring (bicyclic) bond motifs is 1. The van der Waals surface area contributed by atoms with Crippen molar-refractivity contribution < 1.29 is 27.4 Å². The zero-order chi connectivity index (χ0) is 19.0. The largest absolute Gasteiger partial charge is 0.486 e. The maximum atomic E-state index is 12.6. The summed E-state index contributed by atoms with van der Waals surface area (Å²) in [7, 11) is 0. The van der Waals surface area contributed by atoms with Crippen molar-refractivity contribution in [1.82, 2.24) is 5.32 Å². The fourth-order valence-corrected chi connectivity index (χ4v) is 3.28. The molecule has 7 heteroatoms. The molecule has 0 spiro atoms. The molecule has 2 aromatic carbocycles. The van der Waals surface area contributed by atoms with E-state index in [2.05, 4.69) is 5.32 Å². The Balaban J connectivity index is 1.28. The van der Waals surface area contributed by atoms with E-state index in [-0.39, 0.29) is 23.8 Å². The van der Waals surface area contributed by atoms with E-state index in [1.54, 1.807) is 0 Å². The summed E-state index contributed by atoms with van der Waals surface area (Å²) in [5.41, 5.74) is 0.0805. The van der Waals surface area contributed by atoms with Crippen molar-refractivity contribution in [2.24, 2.45) is 5.92 Å². The van der Waals surface area contributed by atoms with E-state index >= 15 is 0 Å². The van der Waals surface area contributed by atoms with Gasteiger partial charge in [-0.05, 0) is 42.2 Å². The fourth-order valence-electron chi connectivity index (χ4n) is 3.28. The summed E-state index contributed by atoms with van der Waals surface area (Å²) in [6, 6.07) is 12.4. The number of ether oxygens (including phenoxy) is 2. The Bertz CT molecular complexity index is 835. The third-order valence-corrected chi connectivity index (χ3v) is 4.86. The lowest BCUT2D eigenvalue weighted by molar-refractivity contribution is -0.137. The summed E-state index contributed by atoms with van der Waals surface area (Å²) in [5.74, 6) is 0.985. The lowest BCUT2D eigenvalue weighted by atomic mass is 10.1. The molecule has 27 heavy (non-hydrogen) atoms. The SMILES string of the molecule is O=C(NC[C@@H]1COc2ccccc2O1)[C@H]1C[C@@H]1c1ccc(C(F)(F)F)cc1. The van der Waals surface area contributed by atoms with Crippen molar-refractivity contribution in [3.63, 3.8) is 0 Å². The van der Waals surface area contributed by atoms with Gasteiger partial charge in [0.15, 0.2) is 11.5 Å². The second-order valence-corrected chi connectivity index (χ2v) is 6.81. The molecule has 1 fully saturated rings. The molecule has 0 saturated heterocycles. The van der Waals surface area contributed by atoms with E-state index in [1.807, 2.05) is 24.3 Å². The number of amides is 1. The number of nitrogens with one attached hydrogen (secondary N) is 1. The molecule has 4 nitrogen and oxygen atoms in total. The second-order valence-electron chi connectivity index (χ2n) is 6.81. The Labute approximate surface area is 154 Å². The zero-order valence-electron chi connectivity index (χ0n) is 14.3. The smallest absolute Gasteiger partial charge is 0.416 e. The Morgan fingerprint density at radius 3 is 2.48 bits per heavy atom. The van der Waals surface area contributed by atoms with Crippen LogP contribution >= 0.6 is 0 Å². The van der Waals surface area contributed by atoms with E-state index in [1.165, 1.54) is 12.1 Å². The molecule has 1 amide bonds. The molecule has 0 unspecified atom stereocenters. The van der Waals surface area contributed by atoms with E-state index in [0.717, 1.165) is 17.7 Å². The van der Waals surface area contributed by atoms with Crippen LogP contribution < -0.4 is 14.8 Å². The molecule has 0 bridgehead atoms. The number of hydrogen-bond acceptors (Lipinski definition) is 3. The van der Waals surface area contributed by atoms with Gasteiger partial charge in [-0.15, -0.1) is 0 Å². The normalized spacial score (nSPS) is 23.6. The van der Waals surface area contributed by atoms with Crippen LogP contribution in [0.1, 0.15) is 23.5 Å². The van der Waals surface area contributed by atoms with Gasteiger partial charge in [-0.25, -0.2) is 0 Å². The van der Waals surface area contributed by atoms with Gasteiger partial charge in [0.05, 0.1) is 12.1 Å². The molecule has 1 aliphatic carbocycles. The summed E-state index contributed by atoms with van der Waals surface area (Å²) < 4.78 is 49.3. The molecule has 3 atom stereocenters. The highest BCUT2D eigenvalue weighted by Gasteiger charge is 2.44. The minimum atomic E-state index is -4.35. The third kappa shape index (κ3) is 3.86. The summed E-state index contributed by atoms with van der Waals surface area (Å²) in [5, 5.41) is 2.86. The van der Waals surface area contributed by atoms with E-state index in [0.29, 0.717) is 31.1 Å². The van der Waals surface area contributed by atoms with Gasteiger partial charge >= 0.3 is 6.18 Å². The Kier molecular flexibility index (Phi) is 4.45. The maximum Gasteiger partial charge on any atom is 0.416 e. The van der Waals surface area contributed by atoms with Crippen LogP contribution in [0.4, 0.5) is 13.2 Å². The van der Waals surface area contributed by atoms with E-state index in [4.69, 9.17) is 9.47 Å². The Morgan fingerprint density at radius 1 is 1.07 bits per heavy atom. The molecule has 142 valence electrons. The summed E-state index contributed by atoms with van der Waals surface area (Å²) >= 11 is 0. The van der Waals surface area contributed by atoms with Crippen LogP contribution in [-0.4, -0.2) is 25.2 Å². The molecule has 1 N–H and O–H groups in total. The van der Waals surface area contributed by atoms with Crippen molar-refractivity contribution in [2.75, 3.05) is 13.2 Å². The average Bonchev–Trinajstić information content (AvgIpc) is 3.46. The van der Waals surface area contributed by atoms with E-state index in [9.17, 15) is 18.0 Å². The van der Waals surface area contributed by atoms with Crippen LogP contribution in [0.2, 0.25) is 0 Å². The number of hydrogen-bond donors (Lipinski definition) is 1. The van der Waals surface area contributed by atoms with Crippen LogP contribution in [-0.2, 0) is 11.0 Å². The van der Waals surface area contributed by atoms with Gasteiger partial charge in [0, 0.05) is 5.92 Å². The number of carbonyl (C=O) groups is 1. The molecule has 0 radical (unpaired) electrons. The summed E-state index contributed by atoms with van der Waals surface area (Å²) in [6.45, 7) is 0.674. The number of rotatable bonds is 4. The molecule has 1 saturated carbocycles. The van der Waals surface area contributed by atoms with Crippen molar-refractivity contribution in [2.45, 2.75) is 24.6 Å². The van der Waals surface area contributed by atoms with Crippen LogP contribution in [0.25, 0.3) is 0 Å². The zero-order valence-corrected chi connectivity index (χ0v) is 14.3. The van der Waals surface area contributed by atoms with Crippen LogP contribution in [0.5, 0.6) is 11.5 Å². The minimum Gasteiger partial charge on any atom is -0.486 e. The molecule has 2 aromatic rings. The van der Waals surface area contributed by atoms with Gasteiger partial charge in [0.2, 0.25) is 5.91 Å². The molecule has 1 aliphatic heterocycles. The molecule has 4 rings (SSSR count). The number of carbonyl (C=O) groups excluding carboxylic acids is 1. The monoisotopic (exact) mass is 377 g/mol. The van der Waals surface area contributed by atoms with Gasteiger partial charge in [0.25, 0.3) is 0 Å². The van der Waals surface area contributed by atoms with Gasteiger partial charge in [-0.1, -0.05) is 24.3 Å². The van der Waals surface area contributed by atoms with Crippen molar-refractivity contribution >= 4 is 5.91 Å².